The first kappa shape index (κ1) is 9.83. The Labute approximate surface area is 73.2 Å². The van der Waals surface area contributed by atoms with Crippen LogP contribution < -0.4 is 5.73 Å². The average Bonchev–Trinajstić information content (AvgIpc) is 1.84. The van der Waals surface area contributed by atoms with Crippen molar-refractivity contribution in [3.63, 3.8) is 0 Å². The van der Waals surface area contributed by atoms with Gasteiger partial charge >= 0.3 is 0 Å². The third-order valence-electron chi connectivity index (χ3n) is 0.962. The molecule has 0 aliphatic carbocycles. The molecule has 1 atom stereocenters. The standard InChI is InChI=1S/C5H9IN2O2/c1-3(9)5(7)8(6)4(2)10/h5H,7H2,1-2H3. The van der Waals surface area contributed by atoms with Crippen LogP contribution in [0.4, 0.5) is 0 Å². The number of rotatable bonds is 2. The monoisotopic (exact) mass is 256 g/mol. The highest BCUT2D eigenvalue weighted by Crippen LogP contribution is 2.02. The van der Waals surface area contributed by atoms with Crippen molar-refractivity contribution in [3.8, 4) is 0 Å². The number of carbonyl (C=O) groups excluding carboxylic acids is 2. The molecule has 0 aliphatic heterocycles. The number of ketones is 1. The molecule has 0 saturated carbocycles. The van der Waals surface area contributed by atoms with Gasteiger partial charge < -0.3 is 5.73 Å². The number of halogens is 1. The van der Waals surface area contributed by atoms with Crippen LogP contribution in [0.5, 0.6) is 0 Å². The minimum atomic E-state index is -0.807. The van der Waals surface area contributed by atoms with Crippen molar-refractivity contribution in [1.29, 1.82) is 0 Å². The second-order valence-corrected chi connectivity index (χ2v) is 2.93. The van der Waals surface area contributed by atoms with Crippen molar-refractivity contribution in [2.45, 2.75) is 20.0 Å². The minimum Gasteiger partial charge on any atom is -0.304 e. The normalized spacial score (nSPS) is 12.4. The molecule has 2 N–H and O–H groups in total. The number of nitrogens with two attached hydrogens (primary N) is 1. The first-order valence-electron chi connectivity index (χ1n) is 2.68. The van der Waals surface area contributed by atoms with Crippen LogP contribution >= 0.6 is 22.9 Å². The van der Waals surface area contributed by atoms with E-state index in [1.807, 2.05) is 0 Å². The van der Waals surface area contributed by atoms with Crippen LogP contribution in [0.3, 0.4) is 0 Å². The molecule has 0 spiro atoms. The quantitative estimate of drug-likeness (QED) is 0.431. The van der Waals surface area contributed by atoms with Gasteiger partial charge in [0.15, 0.2) is 5.78 Å². The molecule has 0 saturated heterocycles. The van der Waals surface area contributed by atoms with E-state index in [1.54, 1.807) is 22.9 Å². The minimum absolute atomic E-state index is 0.218. The zero-order chi connectivity index (χ0) is 8.31. The van der Waals surface area contributed by atoms with Gasteiger partial charge in [0.25, 0.3) is 0 Å². The van der Waals surface area contributed by atoms with Gasteiger partial charge in [0, 0.05) is 6.92 Å². The van der Waals surface area contributed by atoms with Crippen molar-refractivity contribution in [3.05, 3.63) is 0 Å². The maximum atomic E-state index is 10.6. The molecular weight excluding hydrogens is 247 g/mol. The van der Waals surface area contributed by atoms with Crippen LogP contribution in [-0.2, 0) is 9.59 Å². The summed E-state index contributed by atoms with van der Waals surface area (Å²) in [4.78, 5) is 21.1. The maximum absolute atomic E-state index is 10.6. The lowest BCUT2D eigenvalue weighted by Crippen LogP contribution is -2.43. The molecular formula is C5H9IN2O2. The third-order valence-corrected chi connectivity index (χ3v) is 2.24. The molecule has 0 aliphatic rings. The van der Waals surface area contributed by atoms with Crippen molar-refractivity contribution in [2.75, 3.05) is 0 Å². The lowest BCUT2D eigenvalue weighted by molar-refractivity contribution is -0.130. The molecule has 0 rings (SSSR count). The molecule has 0 heterocycles. The van der Waals surface area contributed by atoms with Gasteiger partial charge in [-0.25, -0.2) is 0 Å². The van der Waals surface area contributed by atoms with E-state index < -0.39 is 6.17 Å². The molecule has 0 aromatic rings. The lowest BCUT2D eigenvalue weighted by Gasteiger charge is -2.17. The smallest absolute Gasteiger partial charge is 0.229 e. The van der Waals surface area contributed by atoms with Gasteiger partial charge in [-0.2, -0.15) is 0 Å². The van der Waals surface area contributed by atoms with Crippen LogP contribution in [0.15, 0.2) is 0 Å². The number of hydrogen-bond donors (Lipinski definition) is 1. The van der Waals surface area contributed by atoms with Gasteiger partial charge in [0.2, 0.25) is 5.91 Å². The summed E-state index contributed by atoms with van der Waals surface area (Å²) in [5, 5.41) is 0. The van der Waals surface area contributed by atoms with Crippen LogP contribution in [0.25, 0.3) is 0 Å². The lowest BCUT2D eigenvalue weighted by atomic mass is 10.3. The molecule has 0 radical (unpaired) electrons. The highest BCUT2D eigenvalue weighted by Gasteiger charge is 2.17. The summed E-state index contributed by atoms with van der Waals surface area (Å²) in [6.07, 6.45) is -0.807. The first-order valence-corrected chi connectivity index (χ1v) is 3.65. The molecule has 10 heavy (non-hydrogen) atoms. The fraction of sp³-hybridized carbons (Fsp3) is 0.600. The summed E-state index contributed by atoms with van der Waals surface area (Å²) in [7, 11) is 0. The van der Waals surface area contributed by atoms with Gasteiger partial charge in [0.05, 0.1) is 22.9 Å². The van der Waals surface area contributed by atoms with E-state index in [9.17, 15) is 9.59 Å². The molecule has 58 valence electrons. The third kappa shape index (κ3) is 2.61. The van der Waals surface area contributed by atoms with Crippen LogP contribution in [0.1, 0.15) is 13.8 Å². The Balaban J connectivity index is 4.07. The molecule has 0 bridgehead atoms. The predicted octanol–water partition coefficient (Wildman–Crippen LogP) is 0.0587. The molecule has 1 unspecified atom stereocenters. The molecule has 0 aromatic heterocycles. The van der Waals surface area contributed by atoms with E-state index in [2.05, 4.69) is 0 Å². The molecule has 0 aromatic carbocycles. The highest BCUT2D eigenvalue weighted by molar-refractivity contribution is 14.1. The number of hydrogen-bond acceptors (Lipinski definition) is 3. The first-order chi connectivity index (χ1) is 4.46. The Kier molecular flexibility index (Phi) is 3.80. The van der Waals surface area contributed by atoms with Crippen molar-refractivity contribution >= 4 is 34.6 Å². The van der Waals surface area contributed by atoms with Gasteiger partial charge in [0.1, 0.15) is 6.17 Å². The SMILES string of the molecule is CC(=O)C(N)N(I)C(C)=O. The fourth-order valence-corrected chi connectivity index (χ4v) is 0.748. The molecule has 4 nitrogen and oxygen atoms in total. The Morgan fingerprint density at radius 2 is 1.90 bits per heavy atom. The fourth-order valence-electron chi connectivity index (χ4n) is 0.355. The van der Waals surface area contributed by atoms with E-state index in [-0.39, 0.29) is 11.7 Å². The van der Waals surface area contributed by atoms with Crippen LogP contribution in [-0.4, -0.2) is 21.0 Å². The van der Waals surface area contributed by atoms with Crippen molar-refractivity contribution in [1.82, 2.24) is 3.11 Å². The maximum Gasteiger partial charge on any atom is 0.229 e. The summed E-state index contributed by atoms with van der Waals surface area (Å²) >= 11 is 1.71. The second-order valence-electron chi connectivity index (χ2n) is 1.89. The number of amides is 1. The molecule has 1 amide bonds. The molecule has 5 heteroatoms. The van der Waals surface area contributed by atoms with E-state index in [1.165, 1.54) is 17.0 Å². The van der Waals surface area contributed by atoms with Crippen molar-refractivity contribution in [2.24, 2.45) is 5.73 Å². The van der Waals surface area contributed by atoms with Crippen LogP contribution in [0.2, 0.25) is 0 Å². The summed E-state index contributed by atoms with van der Waals surface area (Å²) in [6.45, 7) is 2.70. The largest absolute Gasteiger partial charge is 0.304 e. The van der Waals surface area contributed by atoms with E-state index >= 15 is 0 Å². The average molecular weight is 256 g/mol. The van der Waals surface area contributed by atoms with E-state index in [0.29, 0.717) is 0 Å². The number of Topliss-reactive ketones (excluding diaryl/α,β-unsaturated/α-hetero) is 1. The zero-order valence-corrected chi connectivity index (χ0v) is 7.95. The topological polar surface area (TPSA) is 63.4 Å². The van der Waals surface area contributed by atoms with E-state index in [0.717, 1.165) is 0 Å². The van der Waals surface area contributed by atoms with Crippen LogP contribution in [0, 0.1) is 0 Å². The van der Waals surface area contributed by atoms with Crippen molar-refractivity contribution < 1.29 is 9.59 Å². The molecule has 0 fully saturated rings. The Morgan fingerprint density at radius 3 is 2.00 bits per heavy atom. The summed E-state index contributed by atoms with van der Waals surface area (Å²) in [6, 6.07) is 0. The van der Waals surface area contributed by atoms with E-state index in [4.69, 9.17) is 5.73 Å². The summed E-state index contributed by atoms with van der Waals surface area (Å²) in [5.41, 5.74) is 5.31. The second kappa shape index (κ2) is 3.87. The summed E-state index contributed by atoms with van der Waals surface area (Å²) in [5.74, 6) is -0.437. The van der Waals surface area contributed by atoms with Gasteiger partial charge in [-0.3, -0.25) is 12.7 Å². The van der Waals surface area contributed by atoms with Gasteiger partial charge in [-0.15, -0.1) is 0 Å². The number of carbonyl (C=O) groups is 2. The summed E-state index contributed by atoms with van der Waals surface area (Å²) < 4.78 is 1.17. The van der Waals surface area contributed by atoms with Gasteiger partial charge in [-0.1, -0.05) is 0 Å². The Morgan fingerprint density at radius 1 is 1.50 bits per heavy atom. The Bertz CT molecular complexity index is 142. The number of nitrogens with zero attached hydrogens (tertiary/aromatic N) is 1. The predicted molar refractivity (Wildman–Crippen MR) is 45.2 cm³/mol. The van der Waals surface area contributed by atoms with Gasteiger partial charge in [-0.05, 0) is 6.92 Å². The zero-order valence-electron chi connectivity index (χ0n) is 5.80. The Hall–Kier alpha value is -0.170. The highest BCUT2D eigenvalue weighted by atomic mass is 127.